The Morgan fingerprint density at radius 3 is 2.19 bits per heavy atom. The summed E-state index contributed by atoms with van der Waals surface area (Å²) in [6.07, 6.45) is 0. The number of nitrogens with two attached hydrogens (primary N) is 2. The van der Waals surface area contributed by atoms with Crippen molar-refractivity contribution in [2.45, 2.75) is 13.8 Å². The van der Waals surface area contributed by atoms with E-state index < -0.39 is 0 Å². The third-order valence-electron chi connectivity index (χ3n) is 2.83. The highest BCUT2D eigenvalue weighted by molar-refractivity contribution is 5.72. The van der Waals surface area contributed by atoms with Crippen LogP contribution in [0.5, 0.6) is 0 Å². The molecule has 0 heterocycles. The summed E-state index contributed by atoms with van der Waals surface area (Å²) in [4.78, 5) is 0. The fraction of sp³-hybridized carbons (Fsp3) is 0.143. The maximum Gasteiger partial charge on any atom is 0.0344 e. The molecule has 0 saturated heterocycles. The van der Waals surface area contributed by atoms with Crippen molar-refractivity contribution in [2.24, 2.45) is 0 Å². The predicted octanol–water partition coefficient (Wildman–Crippen LogP) is 3.13. The zero-order valence-electron chi connectivity index (χ0n) is 9.62. The molecule has 2 aromatic carbocycles. The summed E-state index contributed by atoms with van der Waals surface area (Å²) >= 11 is 0. The monoisotopic (exact) mass is 212 g/mol. The van der Waals surface area contributed by atoms with Crippen LogP contribution in [0.3, 0.4) is 0 Å². The van der Waals surface area contributed by atoms with Gasteiger partial charge in [-0.15, -0.1) is 0 Å². The molecule has 0 saturated carbocycles. The molecule has 0 aliphatic carbocycles. The molecule has 2 aromatic rings. The topological polar surface area (TPSA) is 52.0 Å². The lowest BCUT2D eigenvalue weighted by atomic mass is 9.98. The van der Waals surface area contributed by atoms with Gasteiger partial charge in [0.2, 0.25) is 0 Å². The average molecular weight is 212 g/mol. The van der Waals surface area contributed by atoms with E-state index in [9.17, 15) is 0 Å². The SMILES string of the molecule is Cc1cc(-c2ccc(N)cc2C)ccc1N. The Balaban J connectivity index is 2.54. The Hall–Kier alpha value is -1.96. The molecule has 0 aliphatic rings. The van der Waals surface area contributed by atoms with E-state index in [1.54, 1.807) is 0 Å². The minimum absolute atomic E-state index is 0.799. The lowest BCUT2D eigenvalue weighted by molar-refractivity contribution is 1.43. The zero-order valence-corrected chi connectivity index (χ0v) is 9.62. The second-order valence-electron chi connectivity index (χ2n) is 4.15. The minimum atomic E-state index is 0.799. The van der Waals surface area contributed by atoms with Gasteiger partial charge in [0.1, 0.15) is 0 Å². The Morgan fingerprint density at radius 2 is 1.56 bits per heavy atom. The van der Waals surface area contributed by atoms with Gasteiger partial charge in [0.05, 0.1) is 0 Å². The zero-order chi connectivity index (χ0) is 11.7. The summed E-state index contributed by atoms with van der Waals surface area (Å²) in [7, 11) is 0. The van der Waals surface area contributed by atoms with Crippen molar-refractivity contribution in [2.75, 3.05) is 11.5 Å². The number of benzene rings is 2. The van der Waals surface area contributed by atoms with Gasteiger partial charge >= 0.3 is 0 Å². The number of nitrogen functional groups attached to an aromatic ring is 2. The number of anilines is 2. The summed E-state index contributed by atoms with van der Waals surface area (Å²) in [5.74, 6) is 0. The molecule has 0 aromatic heterocycles. The first kappa shape index (κ1) is 10.6. The van der Waals surface area contributed by atoms with E-state index in [0.29, 0.717) is 0 Å². The van der Waals surface area contributed by atoms with E-state index in [1.807, 2.05) is 31.2 Å². The summed E-state index contributed by atoms with van der Waals surface area (Å²) in [5.41, 5.74) is 17.9. The first-order valence-electron chi connectivity index (χ1n) is 5.30. The Labute approximate surface area is 95.9 Å². The molecule has 0 radical (unpaired) electrons. The first-order chi connectivity index (χ1) is 7.58. The first-order valence-corrected chi connectivity index (χ1v) is 5.30. The van der Waals surface area contributed by atoms with Gasteiger partial charge in [-0.25, -0.2) is 0 Å². The molecule has 0 bridgehead atoms. The lowest BCUT2D eigenvalue weighted by Gasteiger charge is -2.09. The second-order valence-corrected chi connectivity index (χ2v) is 4.15. The van der Waals surface area contributed by atoms with Crippen LogP contribution >= 0.6 is 0 Å². The maximum atomic E-state index is 5.81. The van der Waals surface area contributed by atoms with Gasteiger partial charge < -0.3 is 11.5 Å². The van der Waals surface area contributed by atoms with Crippen LogP contribution in [0.25, 0.3) is 11.1 Å². The Kier molecular flexibility index (Phi) is 2.57. The molecule has 2 heteroatoms. The van der Waals surface area contributed by atoms with E-state index in [-0.39, 0.29) is 0 Å². The standard InChI is InChI=1S/C14H16N2/c1-9-8-12(15)4-5-13(9)11-3-6-14(16)10(2)7-11/h3-8H,15-16H2,1-2H3. The van der Waals surface area contributed by atoms with Gasteiger partial charge in [-0.05, 0) is 60.4 Å². The largest absolute Gasteiger partial charge is 0.399 e. The second kappa shape index (κ2) is 3.89. The molecule has 0 spiro atoms. The molecule has 0 amide bonds. The molecule has 2 nitrogen and oxygen atoms in total. The van der Waals surface area contributed by atoms with Gasteiger partial charge in [-0.3, -0.25) is 0 Å². The van der Waals surface area contributed by atoms with Crippen LogP contribution in [-0.4, -0.2) is 0 Å². The predicted molar refractivity (Wildman–Crippen MR) is 70.2 cm³/mol. The summed E-state index contributed by atoms with van der Waals surface area (Å²) in [5, 5.41) is 0. The number of rotatable bonds is 1. The van der Waals surface area contributed by atoms with Crippen molar-refractivity contribution in [1.82, 2.24) is 0 Å². The summed E-state index contributed by atoms with van der Waals surface area (Å²) in [6.45, 7) is 4.09. The fourth-order valence-corrected chi connectivity index (χ4v) is 1.85. The van der Waals surface area contributed by atoms with E-state index in [1.165, 1.54) is 16.7 Å². The van der Waals surface area contributed by atoms with Crippen molar-refractivity contribution in [3.8, 4) is 11.1 Å². The molecule has 0 aliphatic heterocycles. The van der Waals surface area contributed by atoms with Crippen molar-refractivity contribution >= 4 is 11.4 Å². The van der Waals surface area contributed by atoms with Gasteiger partial charge in [-0.1, -0.05) is 12.1 Å². The van der Waals surface area contributed by atoms with Crippen LogP contribution in [0.1, 0.15) is 11.1 Å². The summed E-state index contributed by atoms with van der Waals surface area (Å²) < 4.78 is 0. The quantitative estimate of drug-likeness (QED) is 0.713. The third-order valence-corrected chi connectivity index (χ3v) is 2.83. The van der Waals surface area contributed by atoms with Crippen molar-refractivity contribution in [3.63, 3.8) is 0 Å². The van der Waals surface area contributed by atoms with E-state index >= 15 is 0 Å². The number of hydrogen-bond donors (Lipinski definition) is 2. The molecule has 2 rings (SSSR count). The molecule has 0 fully saturated rings. The lowest BCUT2D eigenvalue weighted by Crippen LogP contribution is -1.92. The fourth-order valence-electron chi connectivity index (χ4n) is 1.85. The van der Waals surface area contributed by atoms with Crippen LogP contribution in [0.4, 0.5) is 11.4 Å². The average Bonchev–Trinajstić information content (AvgIpc) is 2.22. The highest BCUT2D eigenvalue weighted by Crippen LogP contribution is 2.27. The molecular formula is C14H16N2. The number of aryl methyl sites for hydroxylation is 2. The highest BCUT2D eigenvalue weighted by Gasteiger charge is 2.03. The van der Waals surface area contributed by atoms with Crippen LogP contribution < -0.4 is 11.5 Å². The van der Waals surface area contributed by atoms with Crippen molar-refractivity contribution in [1.29, 1.82) is 0 Å². The smallest absolute Gasteiger partial charge is 0.0344 e. The minimum Gasteiger partial charge on any atom is -0.399 e. The highest BCUT2D eigenvalue weighted by atomic mass is 14.6. The third kappa shape index (κ3) is 1.87. The normalized spacial score (nSPS) is 10.4. The molecule has 16 heavy (non-hydrogen) atoms. The Morgan fingerprint density at radius 1 is 0.812 bits per heavy atom. The maximum absolute atomic E-state index is 5.81. The molecule has 0 atom stereocenters. The molecule has 0 unspecified atom stereocenters. The van der Waals surface area contributed by atoms with Crippen LogP contribution in [0, 0.1) is 13.8 Å². The van der Waals surface area contributed by atoms with E-state index in [0.717, 1.165) is 16.9 Å². The van der Waals surface area contributed by atoms with Gasteiger partial charge in [0.25, 0.3) is 0 Å². The molecule has 4 N–H and O–H groups in total. The molecular weight excluding hydrogens is 196 g/mol. The van der Waals surface area contributed by atoms with E-state index in [4.69, 9.17) is 11.5 Å². The summed E-state index contributed by atoms with van der Waals surface area (Å²) in [6, 6.07) is 12.1. The van der Waals surface area contributed by atoms with Crippen LogP contribution in [-0.2, 0) is 0 Å². The van der Waals surface area contributed by atoms with Gasteiger partial charge in [0, 0.05) is 11.4 Å². The van der Waals surface area contributed by atoms with Crippen LogP contribution in [0.2, 0.25) is 0 Å². The van der Waals surface area contributed by atoms with Crippen molar-refractivity contribution < 1.29 is 0 Å². The van der Waals surface area contributed by atoms with Gasteiger partial charge in [0.15, 0.2) is 0 Å². The van der Waals surface area contributed by atoms with Gasteiger partial charge in [-0.2, -0.15) is 0 Å². The van der Waals surface area contributed by atoms with E-state index in [2.05, 4.69) is 19.1 Å². The Bertz CT molecular complexity index is 530. The van der Waals surface area contributed by atoms with Crippen molar-refractivity contribution in [3.05, 3.63) is 47.5 Å². The molecule has 82 valence electrons. The number of hydrogen-bond acceptors (Lipinski definition) is 2. The van der Waals surface area contributed by atoms with Crippen LogP contribution in [0.15, 0.2) is 36.4 Å².